The van der Waals surface area contributed by atoms with Crippen molar-refractivity contribution in [3.8, 4) is 5.75 Å². The molecule has 0 heterocycles. The highest BCUT2D eigenvalue weighted by molar-refractivity contribution is 14.1. The zero-order chi connectivity index (χ0) is 26.9. The summed E-state index contributed by atoms with van der Waals surface area (Å²) in [4.78, 5) is 28.2. The minimum absolute atomic E-state index is 0.0147. The van der Waals surface area contributed by atoms with Gasteiger partial charge in [0.15, 0.2) is 0 Å². The Bertz CT molecular complexity index is 1340. The summed E-state index contributed by atoms with van der Waals surface area (Å²) in [5.41, 5.74) is 4.88. The van der Waals surface area contributed by atoms with Gasteiger partial charge in [0.2, 0.25) is 0 Å². The predicted octanol–water partition coefficient (Wildman–Crippen LogP) is 6.02. The van der Waals surface area contributed by atoms with E-state index < -0.39 is 11.8 Å². The zero-order valence-electron chi connectivity index (χ0n) is 20.1. The Morgan fingerprint density at radius 2 is 1.73 bits per heavy atom. The van der Waals surface area contributed by atoms with Crippen molar-refractivity contribution >= 4 is 86.6 Å². The summed E-state index contributed by atoms with van der Waals surface area (Å²) in [6.07, 6.45) is 2.92. The van der Waals surface area contributed by atoms with Crippen molar-refractivity contribution in [3.05, 3.63) is 95.2 Å². The number of hydrogen-bond donors (Lipinski definition) is 3. The summed E-state index contributed by atoms with van der Waals surface area (Å²) in [6.45, 7) is 5.92. The van der Waals surface area contributed by atoms with Crippen molar-refractivity contribution in [3.63, 3.8) is 0 Å². The first-order valence-corrected chi connectivity index (χ1v) is 13.9. The number of benzene rings is 3. The van der Waals surface area contributed by atoms with Gasteiger partial charge < -0.3 is 15.3 Å². The Hall–Kier alpha value is -2.64. The Morgan fingerprint density at radius 1 is 1.05 bits per heavy atom. The molecule has 3 N–H and O–H groups in total. The van der Waals surface area contributed by atoms with Crippen molar-refractivity contribution < 1.29 is 14.7 Å². The minimum Gasteiger partial charge on any atom is -0.506 e. The number of nitrogens with zero attached hydrogens (tertiary/aromatic N) is 2. The van der Waals surface area contributed by atoms with Crippen LogP contribution >= 0.6 is 56.8 Å². The van der Waals surface area contributed by atoms with Crippen molar-refractivity contribution in [2.45, 2.75) is 13.8 Å². The molecule has 37 heavy (non-hydrogen) atoms. The Balaban J connectivity index is 1.88. The smallest absolute Gasteiger partial charge is 0.287 e. The molecule has 0 saturated carbocycles. The fourth-order valence-electron chi connectivity index (χ4n) is 3.44. The molecular weight excluding hydrogens is 718 g/mol. The van der Waals surface area contributed by atoms with Crippen molar-refractivity contribution in [1.82, 2.24) is 10.7 Å². The minimum atomic E-state index is -0.635. The number of carbonyl (C=O) groups is 2. The first-order chi connectivity index (χ1) is 17.7. The van der Waals surface area contributed by atoms with Crippen LogP contribution in [0.4, 0.5) is 5.69 Å². The Morgan fingerprint density at radius 3 is 2.38 bits per heavy atom. The molecule has 0 aliphatic carbocycles. The maximum absolute atomic E-state index is 13.1. The number of hydrogen-bond acceptors (Lipinski definition) is 5. The molecule has 0 unspecified atom stereocenters. The second kappa shape index (κ2) is 13.8. The number of carbonyl (C=O) groups excluding carboxylic acids is 2. The van der Waals surface area contributed by atoms with Crippen LogP contribution in [0.25, 0.3) is 6.08 Å². The molecule has 3 rings (SSSR count). The van der Waals surface area contributed by atoms with E-state index in [2.05, 4.69) is 57.2 Å². The topological polar surface area (TPSA) is 94.0 Å². The fraction of sp³-hybridized carbons (Fsp3) is 0.148. The molecule has 0 aliphatic heterocycles. The molecule has 10 heteroatoms. The molecule has 0 fully saturated rings. The second-order valence-electron chi connectivity index (χ2n) is 7.78. The summed E-state index contributed by atoms with van der Waals surface area (Å²) >= 11 is 10.3. The number of halogens is 3. The van der Waals surface area contributed by atoms with E-state index in [9.17, 15) is 14.7 Å². The summed E-state index contributed by atoms with van der Waals surface area (Å²) < 4.78 is 1.58. The lowest BCUT2D eigenvalue weighted by atomic mass is 10.1. The van der Waals surface area contributed by atoms with E-state index in [1.807, 2.05) is 52.9 Å². The highest BCUT2D eigenvalue weighted by atomic mass is 127. The van der Waals surface area contributed by atoms with E-state index in [1.165, 1.54) is 6.21 Å². The molecule has 0 aliphatic rings. The van der Waals surface area contributed by atoms with Gasteiger partial charge in [-0.15, -0.1) is 0 Å². The summed E-state index contributed by atoms with van der Waals surface area (Å²) in [5.74, 6) is -1.10. The molecule has 7 nitrogen and oxygen atoms in total. The average molecular weight is 743 g/mol. The lowest BCUT2D eigenvalue weighted by Crippen LogP contribution is -2.33. The van der Waals surface area contributed by atoms with Crippen LogP contribution in [0, 0.1) is 7.14 Å². The molecule has 0 spiro atoms. The van der Waals surface area contributed by atoms with Gasteiger partial charge in [-0.05, 0) is 107 Å². The molecule has 0 saturated heterocycles. The molecule has 2 amide bonds. The second-order valence-corrected chi connectivity index (χ2v) is 10.6. The van der Waals surface area contributed by atoms with Gasteiger partial charge >= 0.3 is 0 Å². The van der Waals surface area contributed by atoms with Crippen LogP contribution in [-0.2, 0) is 4.79 Å². The standard InChI is InChI=1S/C27H25ClI2N4O3/c1-3-34(4-2)20-11-9-17(10-12-20)13-24(32-26(36)21-7-5-6-8-22(21)28)27(37)33-31-16-18-14-19(29)15-23(30)25(18)35/h5-16,35H,3-4H2,1-2H3,(H,32,36)(H,33,37)/b24-13+,31-16-. The highest BCUT2D eigenvalue weighted by Gasteiger charge is 2.16. The summed E-state index contributed by atoms with van der Waals surface area (Å²) in [6, 6.07) is 17.8. The third-order valence-electron chi connectivity index (χ3n) is 5.37. The number of aromatic hydroxyl groups is 1. The highest BCUT2D eigenvalue weighted by Crippen LogP contribution is 2.25. The van der Waals surface area contributed by atoms with Crippen molar-refractivity contribution in [1.29, 1.82) is 0 Å². The van der Waals surface area contributed by atoms with Gasteiger partial charge in [-0.1, -0.05) is 35.9 Å². The molecule has 0 bridgehead atoms. The van der Waals surface area contributed by atoms with E-state index in [0.29, 0.717) is 14.7 Å². The van der Waals surface area contributed by atoms with Gasteiger partial charge in [0.05, 0.1) is 20.4 Å². The number of amides is 2. The maximum atomic E-state index is 13.1. The summed E-state index contributed by atoms with van der Waals surface area (Å²) in [5, 5.41) is 17.2. The van der Waals surface area contributed by atoms with Crippen LogP contribution in [0.3, 0.4) is 0 Å². The Labute approximate surface area is 248 Å². The first-order valence-electron chi connectivity index (χ1n) is 11.4. The van der Waals surface area contributed by atoms with Crippen LogP contribution in [0.5, 0.6) is 5.75 Å². The third-order valence-corrected chi connectivity index (χ3v) is 7.15. The summed E-state index contributed by atoms with van der Waals surface area (Å²) in [7, 11) is 0. The van der Waals surface area contributed by atoms with Gasteiger partial charge in [0.25, 0.3) is 11.8 Å². The van der Waals surface area contributed by atoms with Gasteiger partial charge in [-0.2, -0.15) is 5.10 Å². The number of nitrogens with one attached hydrogen (secondary N) is 2. The molecule has 192 valence electrons. The predicted molar refractivity (Wildman–Crippen MR) is 166 cm³/mol. The zero-order valence-corrected chi connectivity index (χ0v) is 25.2. The van der Waals surface area contributed by atoms with Gasteiger partial charge in [-0.3, -0.25) is 9.59 Å². The van der Waals surface area contributed by atoms with E-state index in [-0.39, 0.29) is 22.0 Å². The number of hydrazone groups is 1. The van der Waals surface area contributed by atoms with Crippen molar-refractivity contribution in [2.24, 2.45) is 5.10 Å². The molecule has 0 radical (unpaired) electrons. The van der Waals surface area contributed by atoms with Crippen molar-refractivity contribution in [2.75, 3.05) is 18.0 Å². The lowest BCUT2D eigenvalue weighted by Gasteiger charge is -2.21. The van der Waals surface area contributed by atoms with Crippen LogP contribution < -0.4 is 15.6 Å². The third kappa shape index (κ3) is 7.92. The van der Waals surface area contributed by atoms with Crippen LogP contribution in [0.1, 0.15) is 35.3 Å². The van der Waals surface area contributed by atoms with E-state index >= 15 is 0 Å². The largest absolute Gasteiger partial charge is 0.506 e. The molecule has 3 aromatic carbocycles. The van der Waals surface area contributed by atoms with Crippen LogP contribution in [0.15, 0.2) is 71.5 Å². The monoisotopic (exact) mass is 742 g/mol. The number of rotatable bonds is 9. The molecule has 3 aromatic rings. The van der Waals surface area contributed by atoms with Gasteiger partial charge in [0, 0.05) is 27.9 Å². The Kier molecular flexibility index (Phi) is 10.8. The van der Waals surface area contributed by atoms with Crippen LogP contribution in [-0.4, -0.2) is 36.2 Å². The van der Waals surface area contributed by atoms with E-state index in [4.69, 9.17) is 11.6 Å². The number of anilines is 1. The fourth-order valence-corrected chi connectivity index (χ4v) is 5.55. The molecule has 0 aromatic heterocycles. The maximum Gasteiger partial charge on any atom is 0.287 e. The van der Waals surface area contributed by atoms with Crippen LogP contribution in [0.2, 0.25) is 5.02 Å². The average Bonchev–Trinajstić information content (AvgIpc) is 2.88. The SMILES string of the molecule is CCN(CC)c1ccc(/C=C(/NC(=O)c2ccccc2Cl)C(=O)N/N=C\c2cc(I)cc(I)c2O)cc1. The first kappa shape index (κ1) is 28.9. The van der Waals surface area contributed by atoms with E-state index in [0.717, 1.165) is 22.3 Å². The normalized spacial score (nSPS) is 11.4. The molecular formula is C27H25ClI2N4O3. The lowest BCUT2D eigenvalue weighted by molar-refractivity contribution is -0.117. The number of phenolic OH excluding ortho intramolecular Hbond substituents is 1. The van der Waals surface area contributed by atoms with Gasteiger partial charge in [-0.25, -0.2) is 5.43 Å². The van der Waals surface area contributed by atoms with E-state index in [1.54, 1.807) is 36.4 Å². The quantitative estimate of drug-likeness (QED) is 0.108. The number of phenols is 1. The van der Waals surface area contributed by atoms with Gasteiger partial charge in [0.1, 0.15) is 11.4 Å². The molecule has 0 atom stereocenters.